The smallest absolute Gasteiger partial charge is 0.246 e. The number of carbonyl (C=O) groups excluding carboxylic acids is 2. The molecule has 2 aromatic carbocycles. The lowest BCUT2D eigenvalue weighted by molar-refractivity contribution is -0.161. The number of aromatic amines is 1. The Labute approximate surface area is 211 Å². The van der Waals surface area contributed by atoms with E-state index in [0.29, 0.717) is 24.5 Å². The minimum atomic E-state index is -0.512. The third-order valence-corrected chi connectivity index (χ3v) is 8.11. The van der Waals surface area contributed by atoms with Crippen molar-refractivity contribution >= 4 is 22.7 Å². The fraction of sp³-hybridized carbons (Fsp3) is 0.448. The van der Waals surface area contributed by atoms with Crippen molar-refractivity contribution in [1.29, 1.82) is 0 Å². The van der Waals surface area contributed by atoms with E-state index < -0.39 is 12.1 Å². The zero-order valence-corrected chi connectivity index (χ0v) is 21.0. The molecule has 36 heavy (non-hydrogen) atoms. The first-order chi connectivity index (χ1) is 17.6. The lowest BCUT2D eigenvalue weighted by atomic mass is 9.85. The molecule has 7 nitrogen and oxygen atoms in total. The van der Waals surface area contributed by atoms with Gasteiger partial charge in [-0.25, -0.2) is 0 Å². The molecule has 3 aromatic rings. The van der Waals surface area contributed by atoms with Gasteiger partial charge in [0.05, 0.1) is 19.8 Å². The molecule has 3 heterocycles. The van der Waals surface area contributed by atoms with Gasteiger partial charge in [-0.15, -0.1) is 0 Å². The summed E-state index contributed by atoms with van der Waals surface area (Å²) in [6.45, 7) is 2.62. The number of nitrogens with zero attached hydrogens (tertiary/aromatic N) is 2. The molecular formula is C29H33N3O4. The zero-order chi connectivity index (χ0) is 24.8. The van der Waals surface area contributed by atoms with Crippen LogP contribution in [0.5, 0.6) is 11.5 Å². The number of hydrogen-bond acceptors (Lipinski definition) is 4. The number of hydrogen-bond donors (Lipinski definition) is 1. The van der Waals surface area contributed by atoms with Gasteiger partial charge in [-0.05, 0) is 49.1 Å². The van der Waals surface area contributed by atoms with Gasteiger partial charge in [0, 0.05) is 29.1 Å². The Morgan fingerprint density at radius 2 is 1.83 bits per heavy atom. The second-order valence-electron chi connectivity index (χ2n) is 10.1. The highest BCUT2D eigenvalue weighted by atomic mass is 16.5. The number of nitrogens with one attached hydrogen (secondary N) is 1. The summed E-state index contributed by atoms with van der Waals surface area (Å²) in [7, 11) is 1.62. The minimum Gasteiger partial charge on any atom is -0.493 e. The van der Waals surface area contributed by atoms with Crippen molar-refractivity contribution in [3.05, 3.63) is 59.3 Å². The van der Waals surface area contributed by atoms with E-state index >= 15 is 0 Å². The molecule has 2 atom stereocenters. The number of rotatable bonds is 5. The van der Waals surface area contributed by atoms with Gasteiger partial charge in [0.1, 0.15) is 12.6 Å². The predicted molar refractivity (Wildman–Crippen MR) is 137 cm³/mol. The van der Waals surface area contributed by atoms with E-state index in [4.69, 9.17) is 9.47 Å². The Balaban J connectivity index is 1.48. The quantitative estimate of drug-likeness (QED) is 0.571. The summed E-state index contributed by atoms with van der Waals surface area (Å²) in [5, 5.41) is 1.12. The number of carbonyl (C=O) groups is 2. The monoisotopic (exact) mass is 487 g/mol. The maximum absolute atomic E-state index is 14.0. The van der Waals surface area contributed by atoms with Crippen molar-refractivity contribution in [3.63, 3.8) is 0 Å². The number of piperazine rings is 1. The molecule has 2 fully saturated rings. The van der Waals surface area contributed by atoms with Crippen LogP contribution in [0.3, 0.4) is 0 Å². The van der Waals surface area contributed by atoms with Gasteiger partial charge >= 0.3 is 0 Å². The molecule has 1 aromatic heterocycles. The van der Waals surface area contributed by atoms with Gasteiger partial charge in [0.15, 0.2) is 11.5 Å². The second kappa shape index (κ2) is 9.19. The predicted octanol–water partition coefficient (Wildman–Crippen LogP) is 4.59. The standard InChI is InChI=1S/C29H33N3O4/c1-3-36-24-14-13-18(15-25(24)35-2)28-27-21(20-11-7-8-12-22(20)30-27)16-23-29(34)31(17-26(33)32(23)28)19-9-5-4-6-10-19/h7-8,11-15,19,23,28,30H,3-6,9-10,16-17H2,1-2H3/t23-,28?/m0/s1. The number of amides is 2. The lowest BCUT2D eigenvalue weighted by Crippen LogP contribution is -2.65. The van der Waals surface area contributed by atoms with Crippen molar-refractivity contribution in [1.82, 2.24) is 14.8 Å². The molecule has 1 saturated carbocycles. The Morgan fingerprint density at radius 3 is 2.61 bits per heavy atom. The number of H-pyrrole nitrogens is 1. The first-order valence-corrected chi connectivity index (χ1v) is 13.1. The SMILES string of the molecule is CCOc1ccc(C2c3[nH]c4ccccc4c3C[C@H]3C(=O)N(C4CCCCC4)CC(=O)N23)cc1OC. The first kappa shape index (κ1) is 23.0. The van der Waals surface area contributed by atoms with E-state index in [0.717, 1.165) is 53.4 Å². The highest BCUT2D eigenvalue weighted by Gasteiger charge is 2.49. The molecule has 0 spiro atoms. The molecule has 1 saturated heterocycles. The summed E-state index contributed by atoms with van der Waals surface area (Å²) in [4.78, 5) is 35.1. The van der Waals surface area contributed by atoms with Crippen LogP contribution in [0.15, 0.2) is 42.5 Å². The van der Waals surface area contributed by atoms with Crippen molar-refractivity contribution in [3.8, 4) is 11.5 Å². The van der Waals surface area contributed by atoms with E-state index in [1.165, 1.54) is 6.42 Å². The van der Waals surface area contributed by atoms with Crippen LogP contribution in [0.25, 0.3) is 10.9 Å². The van der Waals surface area contributed by atoms with Gasteiger partial charge in [-0.1, -0.05) is 43.5 Å². The van der Waals surface area contributed by atoms with Gasteiger partial charge in [0.2, 0.25) is 11.8 Å². The number of benzene rings is 2. The topological polar surface area (TPSA) is 74.9 Å². The van der Waals surface area contributed by atoms with Gasteiger partial charge in [-0.2, -0.15) is 0 Å². The average molecular weight is 488 g/mol. The highest BCUT2D eigenvalue weighted by molar-refractivity contribution is 5.98. The number of methoxy groups -OCH3 is 1. The third-order valence-electron chi connectivity index (χ3n) is 8.11. The summed E-state index contributed by atoms with van der Waals surface area (Å²) in [6.07, 6.45) is 5.96. The van der Waals surface area contributed by atoms with E-state index in [1.54, 1.807) is 7.11 Å². The molecule has 1 unspecified atom stereocenters. The zero-order valence-electron chi connectivity index (χ0n) is 21.0. The molecule has 0 radical (unpaired) electrons. The molecule has 0 bridgehead atoms. The normalized spacial score (nSPS) is 22.5. The highest BCUT2D eigenvalue weighted by Crippen LogP contribution is 2.44. The summed E-state index contributed by atoms with van der Waals surface area (Å²) < 4.78 is 11.4. The number of para-hydroxylation sites is 1. The Hall–Kier alpha value is -3.48. The van der Waals surface area contributed by atoms with Crippen molar-refractivity contribution in [2.24, 2.45) is 0 Å². The molecule has 2 amide bonds. The van der Waals surface area contributed by atoms with Crippen LogP contribution in [0, 0.1) is 0 Å². The fourth-order valence-electron chi connectivity index (χ4n) is 6.46. The molecular weight excluding hydrogens is 454 g/mol. The Bertz CT molecular complexity index is 1310. The fourth-order valence-corrected chi connectivity index (χ4v) is 6.46. The van der Waals surface area contributed by atoms with E-state index in [2.05, 4.69) is 17.1 Å². The second-order valence-corrected chi connectivity index (χ2v) is 10.1. The maximum Gasteiger partial charge on any atom is 0.246 e. The van der Waals surface area contributed by atoms with Crippen molar-refractivity contribution < 1.29 is 19.1 Å². The van der Waals surface area contributed by atoms with E-state index in [9.17, 15) is 9.59 Å². The van der Waals surface area contributed by atoms with Crippen LogP contribution in [0.1, 0.15) is 61.9 Å². The van der Waals surface area contributed by atoms with Gasteiger partial charge < -0.3 is 24.3 Å². The lowest BCUT2D eigenvalue weighted by Gasteiger charge is -2.49. The molecule has 6 rings (SSSR count). The molecule has 1 N–H and O–H groups in total. The van der Waals surface area contributed by atoms with Crippen LogP contribution in [-0.2, 0) is 16.0 Å². The van der Waals surface area contributed by atoms with Crippen LogP contribution in [0.2, 0.25) is 0 Å². The largest absolute Gasteiger partial charge is 0.493 e. The molecule has 3 aliphatic rings. The van der Waals surface area contributed by atoms with E-state index in [-0.39, 0.29) is 24.4 Å². The average Bonchev–Trinajstić information content (AvgIpc) is 3.29. The first-order valence-electron chi connectivity index (χ1n) is 13.1. The Morgan fingerprint density at radius 1 is 1.03 bits per heavy atom. The van der Waals surface area contributed by atoms with Gasteiger partial charge in [-0.3, -0.25) is 9.59 Å². The number of fused-ring (bicyclic) bond motifs is 4. The molecule has 2 aliphatic heterocycles. The third kappa shape index (κ3) is 3.64. The number of aromatic nitrogens is 1. The minimum absolute atomic E-state index is 0.00679. The molecule has 7 heteroatoms. The summed E-state index contributed by atoms with van der Waals surface area (Å²) in [5.74, 6) is 1.37. The maximum atomic E-state index is 14.0. The van der Waals surface area contributed by atoms with Gasteiger partial charge in [0.25, 0.3) is 0 Å². The van der Waals surface area contributed by atoms with Crippen molar-refractivity contribution in [2.45, 2.75) is 63.6 Å². The molecule has 1 aliphatic carbocycles. The summed E-state index contributed by atoms with van der Waals surface area (Å²) in [6, 6.07) is 13.3. The molecule has 188 valence electrons. The summed E-state index contributed by atoms with van der Waals surface area (Å²) >= 11 is 0. The van der Waals surface area contributed by atoms with Crippen molar-refractivity contribution in [2.75, 3.05) is 20.3 Å². The van der Waals surface area contributed by atoms with Crippen LogP contribution in [-0.4, -0.2) is 58.9 Å². The number of ether oxygens (including phenoxy) is 2. The van der Waals surface area contributed by atoms with E-state index in [1.807, 2.05) is 47.1 Å². The van der Waals surface area contributed by atoms with Crippen LogP contribution in [0.4, 0.5) is 0 Å². The van der Waals surface area contributed by atoms with Crippen LogP contribution >= 0.6 is 0 Å². The Kier molecular flexibility index (Phi) is 5.86. The van der Waals surface area contributed by atoms with Crippen LogP contribution < -0.4 is 9.47 Å². The summed E-state index contributed by atoms with van der Waals surface area (Å²) in [5.41, 5.74) is 4.02.